The van der Waals surface area contributed by atoms with Crippen molar-refractivity contribution in [3.05, 3.63) is 33.0 Å². The minimum atomic E-state index is -0.0793. The Morgan fingerprint density at radius 2 is 2.35 bits per heavy atom. The summed E-state index contributed by atoms with van der Waals surface area (Å²) in [5.74, 6) is 1.25. The average molecular weight is 271 g/mol. The number of aryl methyl sites for hydroxylation is 1. The Balaban J connectivity index is 2.05. The zero-order valence-electron chi connectivity index (χ0n) is 9.40. The first kappa shape index (κ1) is 12.1. The van der Waals surface area contributed by atoms with Gasteiger partial charge in [-0.15, -0.1) is 11.3 Å². The fourth-order valence-electron chi connectivity index (χ4n) is 1.36. The topological polar surface area (TPSA) is 61.9 Å². The molecule has 0 aliphatic rings. The number of amides is 1. The van der Waals surface area contributed by atoms with E-state index >= 15 is 0 Å². The summed E-state index contributed by atoms with van der Waals surface area (Å²) in [5.41, 5.74) is 0. The summed E-state index contributed by atoms with van der Waals surface area (Å²) >= 11 is 7.06. The lowest BCUT2D eigenvalue weighted by Crippen LogP contribution is -2.25. The molecule has 0 unspecified atom stereocenters. The molecule has 5 nitrogen and oxygen atoms in total. The molecule has 1 amide bonds. The van der Waals surface area contributed by atoms with Gasteiger partial charge in [-0.2, -0.15) is 5.10 Å². The maximum atomic E-state index is 12.0. The van der Waals surface area contributed by atoms with Gasteiger partial charge in [-0.05, 0) is 19.1 Å². The average Bonchev–Trinajstić information content (AvgIpc) is 2.87. The van der Waals surface area contributed by atoms with Crippen LogP contribution in [0.5, 0.6) is 0 Å². The smallest absolute Gasteiger partial charge is 0.264 e. The molecule has 7 heteroatoms. The van der Waals surface area contributed by atoms with E-state index in [1.165, 1.54) is 11.3 Å². The molecule has 0 fully saturated rings. The van der Waals surface area contributed by atoms with Gasteiger partial charge in [0.25, 0.3) is 5.91 Å². The maximum Gasteiger partial charge on any atom is 0.264 e. The van der Waals surface area contributed by atoms with Crippen LogP contribution >= 0.6 is 22.9 Å². The Morgan fingerprint density at radius 3 is 2.88 bits per heavy atom. The lowest BCUT2D eigenvalue weighted by Gasteiger charge is -2.13. The third-order valence-corrected chi connectivity index (χ3v) is 3.37. The van der Waals surface area contributed by atoms with E-state index in [0.29, 0.717) is 21.6 Å². The van der Waals surface area contributed by atoms with Crippen LogP contribution in [0.25, 0.3) is 0 Å². The second-order valence-electron chi connectivity index (χ2n) is 3.60. The van der Waals surface area contributed by atoms with Crippen LogP contribution in [0.2, 0.25) is 4.34 Å². The number of H-pyrrole nitrogens is 1. The van der Waals surface area contributed by atoms with Crippen molar-refractivity contribution in [3.63, 3.8) is 0 Å². The van der Waals surface area contributed by atoms with Gasteiger partial charge in [0.1, 0.15) is 5.82 Å². The molecule has 0 atom stereocenters. The predicted molar refractivity (Wildman–Crippen MR) is 66.2 cm³/mol. The van der Waals surface area contributed by atoms with Gasteiger partial charge in [-0.1, -0.05) is 11.6 Å². The van der Waals surface area contributed by atoms with Crippen molar-refractivity contribution in [1.82, 2.24) is 20.1 Å². The second-order valence-corrected chi connectivity index (χ2v) is 5.32. The van der Waals surface area contributed by atoms with Crippen molar-refractivity contribution < 1.29 is 4.79 Å². The van der Waals surface area contributed by atoms with Crippen LogP contribution in [0.4, 0.5) is 0 Å². The molecule has 0 aliphatic heterocycles. The standard InChI is InChI=1S/C10H11ClN4OS/c1-6-12-9(14-13-6)5-15(2)10(16)7-3-4-8(11)17-7/h3-4H,5H2,1-2H3,(H,12,13,14). The molecule has 0 aromatic carbocycles. The molecule has 0 radical (unpaired) electrons. The fourth-order valence-corrected chi connectivity index (χ4v) is 2.40. The summed E-state index contributed by atoms with van der Waals surface area (Å²) in [7, 11) is 1.71. The van der Waals surface area contributed by atoms with E-state index in [1.54, 1.807) is 24.1 Å². The Morgan fingerprint density at radius 1 is 1.59 bits per heavy atom. The lowest BCUT2D eigenvalue weighted by molar-refractivity contribution is 0.0786. The van der Waals surface area contributed by atoms with E-state index in [1.807, 2.05) is 6.92 Å². The van der Waals surface area contributed by atoms with Crippen LogP contribution in [0.15, 0.2) is 12.1 Å². The molecule has 0 aliphatic carbocycles. The third kappa shape index (κ3) is 2.83. The van der Waals surface area contributed by atoms with Crippen molar-refractivity contribution >= 4 is 28.8 Å². The van der Waals surface area contributed by atoms with E-state index in [0.717, 1.165) is 5.82 Å². The number of halogens is 1. The van der Waals surface area contributed by atoms with Gasteiger partial charge in [0.2, 0.25) is 0 Å². The van der Waals surface area contributed by atoms with E-state index in [2.05, 4.69) is 15.2 Å². The Labute approximate surface area is 107 Å². The van der Waals surface area contributed by atoms with Crippen LogP contribution in [0.1, 0.15) is 21.3 Å². The minimum Gasteiger partial charge on any atom is -0.333 e. The molecule has 0 saturated carbocycles. The number of carbonyl (C=O) groups excluding carboxylic acids is 1. The molecule has 0 bridgehead atoms. The zero-order chi connectivity index (χ0) is 12.4. The highest BCUT2D eigenvalue weighted by Gasteiger charge is 2.15. The second kappa shape index (κ2) is 4.85. The quantitative estimate of drug-likeness (QED) is 0.929. The molecule has 2 aromatic rings. The highest BCUT2D eigenvalue weighted by Crippen LogP contribution is 2.22. The minimum absolute atomic E-state index is 0.0793. The van der Waals surface area contributed by atoms with E-state index in [4.69, 9.17) is 11.6 Å². The number of rotatable bonds is 3. The summed E-state index contributed by atoms with van der Waals surface area (Å²) < 4.78 is 0.607. The number of thiophene rings is 1. The molecule has 2 heterocycles. The number of aromatic nitrogens is 3. The summed E-state index contributed by atoms with van der Waals surface area (Å²) in [5, 5.41) is 6.72. The summed E-state index contributed by atoms with van der Waals surface area (Å²) in [6, 6.07) is 3.43. The number of hydrogen-bond acceptors (Lipinski definition) is 4. The van der Waals surface area contributed by atoms with E-state index in [9.17, 15) is 4.79 Å². The van der Waals surface area contributed by atoms with Gasteiger partial charge in [0.05, 0.1) is 15.8 Å². The van der Waals surface area contributed by atoms with E-state index < -0.39 is 0 Å². The highest BCUT2D eigenvalue weighted by atomic mass is 35.5. The SMILES string of the molecule is Cc1nc(CN(C)C(=O)c2ccc(Cl)s2)n[nH]1. The van der Waals surface area contributed by atoms with Crippen LogP contribution < -0.4 is 0 Å². The predicted octanol–water partition coefficient (Wildman–Crippen LogP) is 2.10. The highest BCUT2D eigenvalue weighted by molar-refractivity contribution is 7.17. The molecule has 1 N–H and O–H groups in total. The monoisotopic (exact) mass is 270 g/mol. The third-order valence-electron chi connectivity index (χ3n) is 2.15. The van der Waals surface area contributed by atoms with Crippen LogP contribution in [0, 0.1) is 6.92 Å². The first-order chi connectivity index (χ1) is 8.06. The van der Waals surface area contributed by atoms with Gasteiger partial charge in [-0.3, -0.25) is 9.89 Å². The van der Waals surface area contributed by atoms with Gasteiger partial charge >= 0.3 is 0 Å². The lowest BCUT2D eigenvalue weighted by atomic mass is 10.4. The van der Waals surface area contributed by atoms with Crippen molar-refractivity contribution in [2.45, 2.75) is 13.5 Å². The van der Waals surface area contributed by atoms with Crippen LogP contribution in [-0.2, 0) is 6.54 Å². The maximum absolute atomic E-state index is 12.0. The molecular weight excluding hydrogens is 260 g/mol. The van der Waals surface area contributed by atoms with Gasteiger partial charge in [0, 0.05) is 7.05 Å². The number of carbonyl (C=O) groups is 1. The van der Waals surface area contributed by atoms with Gasteiger partial charge in [0.15, 0.2) is 5.82 Å². The van der Waals surface area contributed by atoms with Crippen LogP contribution in [0.3, 0.4) is 0 Å². The number of nitrogens with zero attached hydrogens (tertiary/aromatic N) is 3. The normalized spacial score (nSPS) is 10.5. The van der Waals surface area contributed by atoms with Crippen LogP contribution in [-0.4, -0.2) is 33.0 Å². The number of hydrogen-bond donors (Lipinski definition) is 1. The van der Waals surface area contributed by atoms with Crippen molar-refractivity contribution in [2.24, 2.45) is 0 Å². The van der Waals surface area contributed by atoms with Crippen molar-refractivity contribution in [1.29, 1.82) is 0 Å². The number of nitrogens with one attached hydrogen (secondary N) is 1. The molecule has 0 saturated heterocycles. The molecule has 2 aromatic heterocycles. The van der Waals surface area contributed by atoms with Gasteiger partial charge in [-0.25, -0.2) is 4.98 Å². The molecule has 0 spiro atoms. The van der Waals surface area contributed by atoms with Gasteiger partial charge < -0.3 is 4.90 Å². The largest absolute Gasteiger partial charge is 0.333 e. The van der Waals surface area contributed by atoms with Crippen molar-refractivity contribution in [3.8, 4) is 0 Å². The fraction of sp³-hybridized carbons (Fsp3) is 0.300. The Hall–Kier alpha value is -1.40. The number of aromatic amines is 1. The molecule has 90 valence electrons. The Kier molecular flexibility index (Phi) is 3.44. The van der Waals surface area contributed by atoms with Crippen molar-refractivity contribution in [2.75, 3.05) is 7.05 Å². The first-order valence-electron chi connectivity index (χ1n) is 4.95. The Bertz CT molecular complexity index is 536. The summed E-state index contributed by atoms with van der Waals surface area (Å²) in [4.78, 5) is 18.3. The summed E-state index contributed by atoms with van der Waals surface area (Å²) in [6.45, 7) is 2.19. The molecular formula is C10H11ClN4OS. The first-order valence-corrected chi connectivity index (χ1v) is 6.14. The van der Waals surface area contributed by atoms with E-state index in [-0.39, 0.29) is 5.91 Å². The zero-order valence-corrected chi connectivity index (χ0v) is 11.0. The molecule has 2 rings (SSSR count). The molecule has 17 heavy (non-hydrogen) atoms. The summed E-state index contributed by atoms with van der Waals surface area (Å²) in [6.07, 6.45) is 0.